The molecule has 0 saturated heterocycles. The van der Waals surface area contributed by atoms with E-state index in [0.717, 1.165) is 15.4 Å². The van der Waals surface area contributed by atoms with Gasteiger partial charge in [0.05, 0.1) is 16.3 Å². The molecule has 0 aliphatic heterocycles. The Hall–Kier alpha value is -0.220. The molecule has 15 heavy (non-hydrogen) atoms. The summed E-state index contributed by atoms with van der Waals surface area (Å²) in [7, 11) is 1.87. The third kappa shape index (κ3) is 1.89. The number of benzene rings is 1. The minimum atomic E-state index is 0.559. The molecule has 1 heterocycles. The highest BCUT2D eigenvalue weighted by Crippen LogP contribution is 2.38. The van der Waals surface area contributed by atoms with Crippen molar-refractivity contribution in [3.05, 3.63) is 32.4 Å². The molecule has 0 atom stereocenters. The average Bonchev–Trinajstić information content (AvgIpc) is 2.60. The number of hydrogen-bond acceptors (Lipinski definition) is 2. The summed E-state index contributed by atoms with van der Waals surface area (Å²) in [6.07, 6.45) is 1.67. The molecule has 0 unspecified atom stereocenters. The molecular weight excluding hydrogens is 301 g/mol. The first kappa shape index (κ1) is 11.3. The van der Waals surface area contributed by atoms with Crippen molar-refractivity contribution in [3.63, 3.8) is 0 Å². The Morgan fingerprint density at radius 3 is 2.87 bits per heavy atom. The number of furan rings is 1. The molecule has 80 valence electrons. The lowest BCUT2D eigenvalue weighted by atomic mass is 10.2. The molecule has 0 amide bonds. The summed E-state index contributed by atoms with van der Waals surface area (Å²) in [5.74, 6) is 0. The van der Waals surface area contributed by atoms with E-state index >= 15 is 0 Å². The third-order valence-corrected chi connectivity index (χ3v) is 3.66. The van der Waals surface area contributed by atoms with Crippen molar-refractivity contribution < 1.29 is 4.42 Å². The predicted molar refractivity (Wildman–Crippen MR) is 66.7 cm³/mol. The second kappa shape index (κ2) is 4.34. The van der Waals surface area contributed by atoms with Crippen LogP contribution in [0.25, 0.3) is 11.0 Å². The van der Waals surface area contributed by atoms with E-state index in [0.29, 0.717) is 22.2 Å². The summed E-state index contributed by atoms with van der Waals surface area (Å²) < 4.78 is 6.17. The molecule has 0 radical (unpaired) electrons. The minimum Gasteiger partial charge on any atom is -0.462 e. The van der Waals surface area contributed by atoms with Gasteiger partial charge in [-0.05, 0) is 29.0 Å². The summed E-state index contributed by atoms with van der Waals surface area (Å²) in [6.45, 7) is 0.694. The van der Waals surface area contributed by atoms with Crippen LogP contribution in [0.4, 0.5) is 0 Å². The Morgan fingerprint density at radius 2 is 2.20 bits per heavy atom. The van der Waals surface area contributed by atoms with Crippen molar-refractivity contribution in [3.8, 4) is 0 Å². The molecule has 1 N–H and O–H groups in total. The minimum absolute atomic E-state index is 0.559. The molecule has 0 spiro atoms. The van der Waals surface area contributed by atoms with Gasteiger partial charge in [-0.25, -0.2) is 0 Å². The van der Waals surface area contributed by atoms with Crippen molar-refractivity contribution in [1.82, 2.24) is 5.32 Å². The Labute approximate surface area is 106 Å². The predicted octanol–water partition coefficient (Wildman–Crippen LogP) is 4.22. The van der Waals surface area contributed by atoms with Crippen molar-refractivity contribution >= 4 is 50.1 Å². The van der Waals surface area contributed by atoms with Gasteiger partial charge in [-0.1, -0.05) is 23.2 Å². The molecule has 0 bridgehead atoms. The molecule has 0 aliphatic rings. The lowest BCUT2D eigenvalue weighted by molar-refractivity contribution is 0.607. The normalized spacial score (nSPS) is 11.2. The van der Waals surface area contributed by atoms with Crippen LogP contribution in [-0.4, -0.2) is 7.05 Å². The van der Waals surface area contributed by atoms with Crippen LogP contribution in [0.3, 0.4) is 0 Å². The number of halogens is 3. The van der Waals surface area contributed by atoms with Crippen LogP contribution in [0.5, 0.6) is 0 Å². The Balaban J connectivity index is 2.77. The molecule has 1 aromatic carbocycles. The second-order valence-electron chi connectivity index (χ2n) is 3.15. The topological polar surface area (TPSA) is 25.2 Å². The standard InChI is InChI=1S/C10H8BrCl2NO/c1-14-3-5-4-15-10-7(12)2-6(11)9(13)8(5)10/h2,4,14H,3H2,1H3. The molecule has 5 heteroatoms. The van der Waals surface area contributed by atoms with Gasteiger partial charge in [0.1, 0.15) is 0 Å². The summed E-state index contributed by atoms with van der Waals surface area (Å²) in [4.78, 5) is 0. The van der Waals surface area contributed by atoms with Crippen LogP contribution in [-0.2, 0) is 6.54 Å². The highest BCUT2D eigenvalue weighted by Gasteiger charge is 2.15. The fourth-order valence-electron chi connectivity index (χ4n) is 1.49. The first-order valence-corrected chi connectivity index (χ1v) is 5.88. The number of fused-ring (bicyclic) bond motifs is 1. The van der Waals surface area contributed by atoms with Gasteiger partial charge in [0.15, 0.2) is 5.58 Å². The first-order valence-electron chi connectivity index (χ1n) is 4.33. The molecular formula is C10H8BrCl2NO. The molecule has 2 nitrogen and oxygen atoms in total. The molecule has 2 rings (SSSR count). The quantitative estimate of drug-likeness (QED) is 0.840. The van der Waals surface area contributed by atoms with Crippen LogP contribution >= 0.6 is 39.1 Å². The number of nitrogens with one attached hydrogen (secondary N) is 1. The number of hydrogen-bond donors (Lipinski definition) is 1. The van der Waals surface area contributed by atoms with Gasteiger partial charge in [-0.2, -0.15) is 0 Å². The zero-order valence-electron chi connectivity index (χ0n) is 7.90. The second-order valence-corrected chi connectivity index (χ2v) is 4.79. The van der Waals surface area contributed by atoms with Gasteiger partial charge in [0, 0.05) is 22.0 Å². The average molecular weight is 309 g/mol. The van der Waals surface area contributed by atoms with Crippen LogP contribution < -0.4 is 5.32 Å². The molecule has 2 aromatic rings. The fourth-order valence-corrected chi connectivity index (χ4v) is 2.56. The van der Waals surface area contributed by atoms with E-state index in [1.54, 1.807) is 12.3 Å². The van der Waals surface area contributed by atoms with Crippen LogP contribution in [0.1, 0.15) is 5.56 Å². The third-order valence-electron chi connectivity index (χ3n) is 2.13. The summed E-state index contributed by atoms with van der Waals surface area (Å²) in [6, 6.07) is 1.73. The number of rotatable bonds is 2. The summed E-state index contributed by atoms with van der Waals surface area (Å²) >= 11 is 15.6. The highest BCUT2D eigenvalue weighted by atomic mass is 79.9. The van der Waals surface area contributed by atoms with E-state index in [4.69, 9.17) is 27.6 Å². The Kier molecular flexibility index (Phi) is 3.26. The van der Waals surface area contributed by atoms with E-state index in [2.05, 4.69) is 21.2 Å². The molecule has 0 aliphatic carbocycles. The first-order chi connectivity index (χ1) is 7.15. The summed E-state index contributed by atoms with van der Waals surface area (Å²) in [5.41, 5.74) is 1.64. The Morgan fingerprint density at radius 1 is 1.47 bits per heavy atom. The monoisotopic (exact) mass is 307 g/mol. The summed E-state index contributed by atoms with van der Waals surface area (Å²) in [5, 5.41) is 5.11. The van der Waals surface area contributed by atoms with Crippen molar-refractivity contribution in [2.45, 2.75) is 6.54 Å². The SMILES string of the molecule is CNCc1coc2c(Cl)cc(Br)c(Cl)c12. The van der Waals surface area contributed by atoms with Crippen molar-refractivity contribution in [1.29, 1.82) is 0 Å². The van der Waals surface area contributed by atoms with Gasteiger partial charge >= 0.3 is 0 Å². The maximum absolute atomic E-state index is 6.19. The largest absolute Gasteiger partial charge is 0.462 e. The van der Waals surface area contributed by atoms with Crippen molar-refractivity contribution in [2.75, 3.05) is 7.05 Å². The maximum Gasteiger partial charge on any atom is 0.154 e. The smallest absolute Gasteiger partial charge is 0.154 e. The van der Waals surface area contributed by atoms with Crippen LogP contribution in [0, 0.1) is 0 Å². The van der Waals surface area contributed by atoms with Crippen LogP contribution in [0.2, 0.25) is 10.0 Å². The highest BCUT2D eigenvalue weighted by molar-refractivity contribution is 9.10. The zero-order valence-corrected chi connectivity index (χ0v) is 11.0. The van der Waals surface area contributed by atoms with Gasteiger partial charge in [0.25, 0.3) is 0 Å². The zero-order chi connectivity index (χ0) is 11.0. The van der Waals surface area contributed by atoms with E-state index in [9.17, 15) is 0 Å². The molecule has 0 fully saturated rings. The van der Waals surface area contributed by atoms with Gasteiger partial charge in [0.2, 0.25) is 0 Å². The van der Waals surface area contributed by atoms with Gasteiger partial charge < -0.3 is 9.73 Å². The van der Waals surface area contributed by atoms with Crippen molar-refractivity contribution in [2.24, 2.45) is 0 Å². The lowest BCUT2D eigenvalue weighted by Crippen LogP contribution is -2.04. The molecule has 1 aromatic heterocycles. The van der Waals surface area contributed by atoms with E-state index in [1.165, 1.54) is 0 Å². The van der Waals surface area contributed by atoms with E-state index < -0.39 is 0 Å². The van der Waals surface area contributed by atoms with E-state index in [1.807, 2.05) is 7.05 Å². The lowest BCUT2D eigenvalue weighted by Gasteiger charge is -2.02. The molecule has 0 saturated carbocycles. The van der Waals surface area contributed by atoms with Gasteiger partial charge in [-0.15, -0.1) is 0 Å². The fraction of sp³-hybridized carbons (Fsp3) is 0.200. The maximum atomic E-state index is 6.19. The van der Waals surface area contributed by atoms with Crippen LogP contribution in [0.15, 0.2) is 21.2 Å². The van der Waals surface area contributed by atoms with Gasteiger partial charge in [-0.3, -0.25) is 0 Å². The Bertz CT molecular complexity index is 510. The van der Waals surface area contributed by atoms with E-state index in [-0.39, 0.29) is 0 Å².